The molecule has 0 spiro atoms. The standard InChI is InChI=1S/C7H2ClF3INO/c8-6(14)5-4(7(9,10)11)1-3(12)2-13-5/h1-2H. The highest BCUT2D eigenvalue weighted by Gasteiger charge is 2.36. The van der Waals surface area contributed by atoms with Gasteiger partial charge in [0.1, 0.15) is 5.69 Å². The van der Waals surface area contributed by atoms with Crippen LogP contribution in [0.1, 0.15) is 16.1 Å². The molecule has 14 heavy (non-hydrogen) atoms. The lowest BCUT2D eigenvalue weighted by Gasteiger charge is -2.09. The van der Waals surface area contributed by atoms with E-state index in [-0.39, 0.29) is 3.57 Å². The lowest BCUT2D eigenvalue weighted by molar-refractivity contribution is -0.138. The van der Waals surface area contributed by atoms with Crippen LogP contribution in [0.2, 0.25) is 0 Å². The summed E-state index contributed by atoms with van der Waals surface area (Å²) in [6, 6.07) is 0.823. The molecule has 1 rings (SSSR count). The van der Waals surface area contributed by atoms with Crippen LogP contribution in [0.25, 0.3) is 0 Å². The number of nitrogens with zero attached hydrogens (tertiary/aromatic N) is 1. The van der Waals surface area contributed by atoms with E-state index in [1.54, 1.807) is 22.6 Å². The van der Waals surface area contributed by atoms with Crippen molar-refractivity contribution in [2.75, 3.05) is 0 Å². The number of hydrogen-bond acceptors (Lipinski definition) is 2. The lowest BCUT2D eigenvalue weighted by atomic mass is 10.2. The molecule has 0 unspecified atom stereocenters. The molecule has 0 saturated carbocycles. The molecule has 0 radical (unpaired) electrons. The summed E-state index contributed by atoms with van der Waals surface area (Å²) in [6.07, 6.45) is -3.47. The zero-order chi connectivity index (χ0) is 10.9. The van der Waals surface area contributed by atoms with Gasteiger partial charge in [0.05, 0.1) is 5.56 Å². The van der Waals surface area contributed by atoms with Crippen molar-refractivity contribution < 1.29 is 18.0 Å². The number of pyridine rings is 1. The molecule has 0 fully saturated rings. The van der Waals surface area contributed by atoms with Crippen LogP contribution in [0.5, 0.6) is 0 Å². The summed E-state index contributed by atoms with van der Waals surface area (Å²) in [5, 5.41) is -1.21. The Morgan fingerprint density at radius 1 is 1.50 bits per heavy atom. The summed E-state index contributed by atoms with van der Waals surface area (Å²) in [6.45, 7) is 0. The van der Waals surface area contributed by atoms with Crippen molar-refractivity contribution in [2.45, 2.75) is 6.18 Å². The van der Waals surface area contributed by atoms with E-state index in [1.165, 1.54) is 0 Å². The van der Waals surface area contributed by atoms with Crippen LogP contribution in [0.4, 0.5) is 13.2 Å². The molecule has 0 N–H and O–H groups in total. The van der Waals surface area contributed by atoms with Crippen LogP contribution < -0.4 is 0 Å². The molecular weight excluding hydrogens is 333 g/mol. The zero-order valence-corrected chi connectivity index (χ0v) is 9.31. The Morgan fingerprint density at radius 3 is 2.50 bits per heavy atom. The predicted molar refractivity (Wildman–Crippen MR) is 52.1 cm³/mol. The van der Waals surface area contributed by atoms with Gasteiger partial charge < -0.3 is 0 Å². The molecule has 1 aromatic heterocycles. The van der Waals surface area contributed by atoms with Crippen LogP contribution in [-0.2, 0) is 6.18 Å². The first-order chi connectivity index (χ1) is 6.32. The molecule has 0 aliphatic heterocycles. The average molecular weight is 335 g/mol. The number of halogens is 5. The van der Waals surface area contributed by atoms with Gasteiger partial charge >= 0.3 is 6.18 Å². The molecule has 0 saturated heterocycles. The van der Waals surface area contributed by atoms with Gasteiger partial charge in [-0.05, 0) is 40.3 Å². The van der Waals surface area contributed by atoms with E-state index in [0.29, 0.717) is 0 Å². The Hall–Kier alpha value is -0.370. The molecule has 7 heteroatoms. The molecule has 0 atom stereocenters. The van der Waals surface area contributed by atoms with Crippen molar-refractivity contribution in [1.82, 2.24) is 4.98 Å². The predicted octanol–water partition coefficient (Wildman–Crippen LogP) is 3.08. The minimum Gasteiger partial charge on any atom is -0.274 e. The summed E-state index contributed by atoms with van der Waals surface area (Å²) in [4.78, 5) is 14.0. The Labute approximate surface area is 95.6 Å². The van der Waals surface area contributed by atoms with E-state index in [1.807, 2.05) is 0 Å². The van der Waals surface area contributed by atoms with E-state index in [4.69, 9.17) is 11.6 Å². The monoisotopic (exact) mass is 335 g/mol. The second-order valence-corrected chi connectivity index (χ2v) is 3.91. The number of carbonyl (C=O) groups excluding carboxylic acids is 1. The molecule has 0 amide bonds. The van der Waals surface area contributed by atoms with E-state index in [0.717, 1.165) is 12.3 Å². The molecule has 0 aliphatic carbocycles. The van der Waals surface area contributed by atoms with Crippen molar-refractivity contribution in [1.29, 1.82) is 0 Å². The average Bonchev–Trinajstić information content (AvgIpc) is 2.01. The van der Waals surface area contributed by atoms with Crippen LogP contribution >= 0.6 is 34.2 Å². The van der Waals surface area contributed by atoms with E-state index in [2.05, 4.69) is 4.98 Å². The maximum absolute atomic E-state index is 12.3. The van der Waals surface area contributed by atoms with E-state index < -0.39 is 22.7 Å². The Morgan fingerprint density at radius 2 is 2.07 bits per heavy atom. The maximum Gasteiger partial charge on any atom is 0.418 e. The van der Waals surface area contributed by atoms with Crippen LogP contribution in [0.3, 0.4) is 0 Å². The van der Waals surface area contributed by atoms with Gasteiger partial charge in [-0.3, -0.25) is 9.78 Å². The van der Waals surface area contributed by atoms with Gasteiger partial charge in [0.15, 0.2) is 0 Å². The largest absolute Gasteiger partial charge is 0.418 e. The molecule has 0 bridgehead atoms. The van der Waals surface area contributed by atoms with Crippen molar-refractivity contribution in [3.8, 4) is 0 Å². The van der Waals surface area contributed by atoms with Gasteiger partial charge in [0.25, 0.3) is 5.24 Å². The van der Waals surface area contributed by atoms with E-state index in [9.17, 15) is 18.0 Å². The van der Waals surface area contributed by atoms with Crippen LogP contribution in [-0.4, -0.2) is 10.2 Å². The minimum absolute atomic E-state index is 0.289. The van der Waals surface area contributed by atoms with Gasteiger partial charge in [0.2, 0.25) is 0 Å². The second-order valence-electron chi connectivity index (χ2n) is 2.32. The zero-order valence-electron chi connectivity index (χ0n) is 6.40. The third-order valence-electron chi connectivity index (χ3n) is 1.35. The maximum atomic E-state index is 12.3. The van der Waals surface area contributed by atoms with Gasteiger partial charge in [-0.15, -0.1) is 0 Å². The van der Waals surface area contributed by atoms with Gasteiger partial charge in [-0.1, -0.05) is 0 Å². The van der Waals surface area contributed by atoms with Crippen molar-refractivity contribution >= 4 is 39.4 Å². The summed E-state index contributed by atoms with van der Waals surface area (Å²) in [5.74, 6) is 0. The summed E-state index contributed by atoms with van der Waals surface area (Å²) >= 11 is 6.63. The highest BCUT2D eigenvalue weighted by molar-refractivity contribution is 14.1. The second kappa shape index (κ2) is 4.01. The molecular formula is C7H2ClF3INO. The summed E-state index contributed by atoms with van der Waals surface area (Å²) in [7, 11) is 0. The molecule has 76 valence electrons. The summed E-state index contributed by atoms with van der Waals surface area (Å²) in [5.41, 5.74) is -1.87. The normalized spacial score (nSPS) is 11.5. The minimum atomic E-state index is -4.62. The van der Waals surface area contributed by atoms with Gasteiger partial charge in [-0.2, -0.15) is 13.2 Å². The van der Waals surface area contributed by atoms with Gasteiger partial charge in [-0.25, -0.2) is 0 Å². The third-order valence-corrected chi connectivity index (χ3v) is 2.11. The fourth-order valence-corrected chi connectivity index (χ4v) is 1.41. The van der Waals surface area contributed by atoms with Crippen molar-refractivity contribution in [3.63, 3.8) is 0 Å². The quantitative estimate of drug-likeness (QED) is 0.583. The lowest BCUT2D eigenvalue weighted by Crippen LogP contribution is -2.13. The Kier molecular flexibility index (Phi) is 3.36. The first-order valence-corrected chi connectivity index (χ1v) is 4.70. The van der Waals surface area contributed by atoms with Crippen molar-refractivity contribution in [3.05, 3.63) is 27.1 Å². The number of rotatable bonds is 1. The van der Waals surface area contributed by atoms with E-state index >= 15 is 0 Å². The smallest absolute Gasteiger partial charge is 0.274 e. The number of hydrogen-bond donors (Lipinski definition) is 0. The topological polar surface area (TPSA) is 30.0 Å². The highest BCUT2D eigenvalue weighted by Crippen LogP contribution is 2.32. The molecule has 0 aliphatic rings. The number of carbonyl (C=O) groups is 1. The Balaban J connectivity index is 3.38. The van der Waals surface area contributed by atoms with Crippen LogP contribution in [0, 0.1) is 3.57 Å². The number of alkyl halides is 3. The fraction of sp³-hybridized carbons (Fsp3) is 0.143. The first kappa shape index (κ1) is 11.7. The Bertz CT molecular complexity index is 380. The molecule has 1 heterocycles. The number of aromatic nitrogens is 1. The van der Waals surface area contributed by atoms with Gasteiger partial charge in [0, 0.05) is 9.77 Å². The molecule has 2 nitrogen and oxygen atoms in total. The third kappa shape index (κ3) is 2.57. The van der Waals surface area contributed by atoms with Crippen LogP contribution in [0.15, 0.2) is 12.3 Å². The summed E-state index contributed by atoms with van der Waals surface area (Å²) < 4.78 is 37.3. The molecule has 0 aromatic carbocycles. The first-order valence-electron chi connectivity index (χ1n) is 3.25. The fourth-order valence-electron chi connectivity index (χ4n) is 0.812. The highest BCUT2D eigenvalue weighted by atomic mass is 127. The van der Waals surface area contributed by atoms with Crippen molar-refractivity contribution in [2.24, 2.45) is 0 Å². The SMILES string of the molecule is O=C(Cl)c1ncc(I)cc1C(F)(F)F. The molecule has 1 aromatic rings.